The Balaban J connectivity index is 1.60. The van der Waals surface area contributed by atoms with E-state index in [9.17, 15) is 4.79 Å². The first-order valence-corrected chi connectivity index (χ1v) is 10.9. The summed E-state index contributed by atoms with van der Waals surface area (Å²) in [7, 11) is 0. The van der Waals surface area contributed by atoms with Crippen molar-refractivity contribution in [3.05, 3.63) is 81.1 Å². The lowest BCUT2D eigenvalue weighted by molar-refractivity contribution is 0.254. The molecule has 0 radical (unpaired) electrons. The Kier molecular flexibility index (Phi) is 6.58. The zero-order chi connectivity index (χ0) is 22.7. The molecule has 2 amide bonds. The molecule has 0 aliphatic carbocycles. The SMILES string of the molecule is Cc1cc(C)nc(N=C(NC(=O)Nc2ccc(Cl)c(Cl)c2)N2CCc3ccccc3C2)n1. The smallest absolute Gasteiger partial charge is 0.326 e. The summed E-state index contributed by atoms with van der Waals surface area (Å²) in [5.74, 6) is 0.674. The maximum Gasteiger partial charge on any atom is 0.326 e. The van der Waals surface area contributed by atoms with Crippen LogP contribution in [0.5, 0.6) is 0 Å². The van der Waals surface area contributed by atoms with Gasteiger partial charge >= 0.3 is 6.03 Å². The summed E-state index contributed by atoms with van der Waals surface area (Å²) < 4.78 is 0. The standard InChI is InChI=1S/C23H22Cl2N6O/c1-14-11-15(2)27-21(26-14)29-22(31-10-9-16-5-3-4-6-17(16)13-31)30-23(32)28-18-7-8-19(24)20(25)12-18/h3-8,11-12H,9-10,13H2,1-2H3,(H2,26,27,28,29,30,32). The molecule has 32 heavy (non-hydrogen) atoms. The van der Waals surface area contributed by atoms with Crippen molar-refractivity contribution < 1.29 is 4.79 Å². The van der Waals surface area contributed by atoms with E-state index in [1.54, 1.807) is 18.2 Å². The number of hydrogen-bond donors (Lipinski definition) is 2. The first-order chi connectivity index (χ1) is 15.4. The molecule has 0 spiro atoms. The fourth-order valence-corrected chi connectivity index (χ4v) is 3.84. The van der Waals surface area contributed by atoms with Gasteiger partial charge in [-0.25, -0.2) is 14.8 Å². The van der Waals surface area contributed by atoms with Gasteiger partial charge in [-0.1, -0.05) is 47.5 Å². The monoisotopic (exact) mass is 468 g/mol. The number of fused-ring (bicyclic) bond motifs is 1. The number of nitrogens with zero attached hydrogens (tertiary/aromatic N) is 4. The van der Waals surface area contributed by atoms with Gasteiger partial charge in [0.05, 0.1) is 10.0 Å². The van der Waals surface area contributed by atoms with Crippen molar-refractivity contribution in [3.8, 4) is 0 Å². The molecule has 0 saturated carbocycles. The van der Waals surface area contributed by atoms with Crippen LogP contribution in [0.1, 0.15) is 22.5 Å². The number of urea groups is 1. The van der Waals surface area contributed by atoms with Crippen molar-refractivity contribution >= 4 is 46.8 Å². The molecule has 9 heteroatoms. The van der Waals surface area contributed by atoms with Gasteiger partial charge < -0.3 is 10.2 Å². The number of benzene rings is 2. The maximum atomic E-state index is 12.8. The molecule has 0 atom stereocenters. The second-order valence-corrected chi connectivity index (χ2v) is 8.35. The molecular weight excluding hydrogens is 447 g/mol. The van der Waals surface area contributed by atoms with Gasteiger partial charge in [0.1, 0.15) is 0 Å². The molecule has 4 rings (SSSR count). The van der Waals surface area contributed by atoms with Gasteiger partial charge in [-0.3, -0.25) is 5.32 Å². The van der Waals surface area contributed by atoms with E-state index < -0.39 is 6.03 Å². The number of carbonyl (C=O) groups excluding carboxylic acids is 1. The average molecular weight is 469 g/mol. The first-order valence-electron chi connectivity index (χ1n) is 10.1. The molecule has 164 valence electrons. The molecule has 0 bridgehead atoms. The first kappa shape index (κ1) is 22.0. The molecule has 2 aromatic carbocycles. The van der Waals surface area contributed by atoms with E-state index in [-0.39, 0.29) is 0 Å². The number of rotatable bonds is 2. The molecular formula is C23H22Cl2N6O. The highest BCUT2D eigenvalue weighted by atomic mass is 35.5. The zero-order valence-corrected chi connectivity index (χ0v) is 19.2. The van der Waals surface area contributed by atoms with Crippen molar-refractivity contribution in [1.82, 2.24) is 20.2 Å². The normalized spacial score (nSPS) is 13.5. The molecule has 1 aliphatic rings. The van der Waals surface area contributed by atoms with Crippen LogP contribution in [0.4, 0.5) is 16.4 Å². The molecule has 3 aromatic rings. The fourth-order valence-electron chi connectivity index (χ4n) is 3.54. The van der Waals surface area contributed by atoms with Crippen LogP contribution in [0.25, 0.3) is 0 Å². The van der Waals surface area contributed by atoms with E-state index in [4.69, 9.17) is 23.2 Å². The van der Waals surface area contributed by atoms with E-state index in [1.807, 2.05) is 36.9 Å². The summed E-state index contributed by atoms with van der Waals surface area (Å²) in [4.78, 5) is 28.2. The predicted molar refractivity (Wildman–Crippen MR) is 128 cm³/mol. The lowest BCUT2D eigenvalue weighted by Gasteiger charge is -2.31. The van der Waals surface area contributed by atoms with Crippen molar-refractivity contribution in [3.63, 3.8) is 0 Å². The number of halogens is 2. The van der Waals surface area contributed by atoms with Gasteiger partial charge in [0.2, 0.25) is 5.96 Å². The van der Waals surface area contributed by atoms with Crippen LogP contribution >= 0.6 is 23.2 Å². The molecule has 2 N–H and O–H groups in total. The summed E-state index contributed by atoms with van der Waals surface area (Å²) in [6.45, 7) is 5.09. The number of aliphatic imine (C=N–C) groups is 1. The van der Waals surface area contributed by atoms with Gasteiger partial charge in [0.25, 0.3) is 5.95 Å². The van der Waals surface area contributed by atoms with Crippen LogP contribution in [0.3, 0.4) is 0 Å². The number of aryl methyl sites for hydroxylation is 2. The maximum absolute atomic E-state index is 12.8. The topological polar surface area (TPSA) is 82.5 Å². The molecule has 1 aliphatic heterocycles. The quantitative estimate of drug-likeness (QED) is 0.396. The zero-order valence-electron chi connectivity index (χ0n) is 17.7. The van der Waals surface area contributed by atoms with Gasteiger partial charge in [-0.15, -0.1) is 0 Å². The van der Waals surface area contributed by atoms with Gasteiger partial charge in [0, 0.05) is 30.2 Å². The molecule has 0 saturated heterocycles. The average Bonchev–Trinajstić information content (AvgIpc) is 2.75. The van der Waals surface area contributed by atoms with Crippen LogP contribution in [0.15, 0.2) is 53.5 Å². The van der Waals surface area contributed by atoms with Crippen molar-refractivity contribution in [2.75, 3.05) is 11.9 Å². The number of guanidine groups is 1. The third kappa shape index (κ3) is 5.36. The number of nitrogens with one attached hydrogen (secondary N) is 2. The van der Waals surface area contributed by atoms with Crippen LogP contribution in [-0.2, 0) is 13.0 Å². The van der Waals surface area contributed by atoms with E-state index in [0.717, 1.165) is 17.8 Å². The fraction of sp³-hybridized carbons (Fsp3) is 0.217. The van der Waals surface area contributed by atoms with E-state index in [2.05, 4.69) is 37.7 Å². The lowest BCUT2D eigenvalue weighted by Crippen LogP contribution is -2.47. The second kappa shape index (κ2) is 9.54. The number of anilines is 1. The minimum Gasteiger partial charge on any atom is -0.338 e. The minimum absolute atomic E-state index is 0.297. The number of hydrogen-bond acceptors (Lipinski definition) is 4. The largest absolute Gasteiger partial charge is 0.338 e. The Labute approximate surface area is 196 Å². The molecule has 0 unspecified atom stereocenters. The minimum atomic E-state index is -0.453. The lowest BCUT2D eigenvalue weighted by atomic mass is 10.0. The number of carbonyl (C=O) groups is 1. The Hall–Kier alpha value is -3.16. The molecule has 2 heterocycles. The van der Waals surface area contributed by atoms with E-state index >= 15 is 0 Å². The second-order valence-electron chi connectivity index (χ2n) is 7.53. The number of amides is 2. The van der Waals surface area contributed by atoms with Crippen molar-refractivity contribution in [2.45, 2.75) is 26.8 Å². The highest BCUT2D eigenvalue weighted by Crippen LogP contribution is 2.25. The van der Waals surface area contributed by atoms with Gasteiger partial charge in [-0.2, -0.15) is 4.99 Å². The summed E-state index contributed by atoms with van der Waals surface area (Å²) in [6.07, 6.45) is 0.846. The van der Waals surface area contributed by atoms with Crippen LogP contribution in [0, 0.1) is 13.8 Å². The van der Waals surface area contributed by atoms with Crippen LogP contribution in [-0.4, -0.2) is 33.4 Å². The summed E-state index contributed by atoms with van der Waals surface area (Å²) in [5, 5.41) is 6.39. The Morgan fingerprint density at radius 3 is 2.44 bits per heavy atom. The number of aromatic nitrogens is 2. The van der Waals surface area contributed by atoms with Crippen molar-refractivity contribution in [1.29, 1.82) is 0 Å². The van der Waals surface area contributed by atoms with E-state index in [1.165, 1.54) is 11.1 Å². The Bertz CT molecular complexity index is 1180. The third-order valence-corrected chi connectivity index (χ3v) is 5.75. The summed E-state index contributed by atoms with van der Waals surface area (Å²) >= 11 is 12.0. The van der Waals surface area contributed by atoms with Gasteiger partial charge in [0.15, 0.2) is 0 Å². The highest BCUT2D eigenvalue weighted by molar-refractivity contribution is 6.42. The van der Waals surface area contributed by atoms with E-state index in [0.29, 0.717) is 40.7 Å². The summed E-state index contributed by atoms with van der Waals surface area (Å²) in [6, 6.07) is 14.6. The van der Waals surface area contributed by atoms with Crippen LogP contribution in [0.2, 0.25) is 10.0 Å². The predicted octanol–water partition coefficient (Wildman–Crippen LogP) is 5.27. The Morgan fingerprint density at radius 1 is 1.00 bits per heavy atom. The third-order valence-electron chi connectivity index (χ3n) is 5.01. The van der Waals surface area contributed by atoms with Crippen LogP contribution < -0.4 is 10.6 Å². The molecule has 7 nitrogen and oxygen atoms in total. The molecule has 0 fully saturated rings. The summed E-state index contributed by atoms with van der Waals surface area (Å²) in [5.41, 5.74) is 4.62. The Morgan fingerprint density at radius 2 is 1.72 bits per heavy atom. The van der Waals surface area contributed by atoms with Crippen molar-refractivity contribution in [2.24, 2.45) is 4.99 Å². The highest BCUT2D eigenvalue weighted by Gasteiger charge is 2.21. The van der Waals surface area contributed by atoms with Gasteiger partial charge in [-0.05, 0) is 55.7 Å². The molecule has 1 aromatic heterocycles.